The van der Waals surface area contributed by atoms with Gasteiger partial charge in [-0.2, -0.15) is 0 Å². The Morgan fingerprint density at radius 1 is 1.27 bits per heavy atom. The van der Waals surface area contributed by atoms with Gasteiger partial charge in [-0.15, -0.1) is 0 Å². The van der Waals surface area contributed by atoms with Crippen LogP contribution >= 0.6 is 0 Å². The van der Waals surface area contributed by atoms with Crippen molar-refractivity contribution < 1.29 is 9.05 Å². The number of rotatable bonds is 1. The van der Waals surface area contributed by atoms with E-state index >= 15 is 0 Å². The summed E-state index contributed by atoms with van der Waals surface area (Å²) in [6.45, 7) is 1.26. The molecule has 11 heavy (non-hydrogen) atoms. The van der Waals surface area contributed by atoms with Crippen LogP contribution in [0.5, 0.6) is 0 Å². The zero-order valence-electron chi connectivity index (χ0n) is 6.40. The van der Waals surface area contributed by atoms with Crippen LogP contribution in [-0.4, -0.2) is 4.85 Å². The lowest BCUT2D eigenvalue weighted by molar-refractivity contribution is 0.140. The van der Waals surface area contributed by atoms with Gasteiger partial charge in [0.1, 0.15) is 0 Å². The van der Waals surface area contributed by atoms with Crippen molar-refractivity contribution >= 4 is 0 Å². The van der Waals surface area contributed by atoms with Crippen molar-refractivity contribution in [2.24, 2.45) is 0 Å². The van der Waals surface area contributed by atoms with Gasteiger partial charge in [-0.1, -0.05) is 19.3 Å². The Morgan fingerprint density at radius 3 is 2.73 bits per heavy atom. The molecule has 0 radical (unpaired) electrons. The molecular weight excluding hydrogens is 144 g/mol. The van der Waals surface area contributed by atoms with Gasteiger partial charge in [0.25, 0.3) is 0 Å². The maximum absolute atomic E-state index is 5.01. The maximum Gasteiger partial charge on any atom is 0.0450 e. The molecule has 0 atom stereocenters. The highest BCUT2D eigenvalue weighted by Gasteiger charge is 2.11. The van der Waals surface area contributed by atoms with E-state index in [1.165, 1.54) is 38.6 Å². The topological polar surface area (TPSA) is 45.3 Å². The summed E-state index contributed by atoms with van der Waals surface area (Å²) in [7, 11) is 0. The van der Waals surface area contributed by atoms with E-state index in [4.69, 9.17) is 4.52 Å². The van der Waals surface area contributed by atoms with Gasteiger partial charge in [0.05, 0.1) is 0 Å². The second-order valence-electron chi connectivity index (χ2n) is 2.98. The Balaban J connectivity index is 2.04. The van der Waals surface area contributed by atoms with Gasteiger partial charge in [-0.3, -0.25) is 0 Å². The average Bonchev–Trinajstić information content (AvgIpc) is 2.58. The first-order valence-corrected chi connectivity index (χ1v) is 4.11. The van der Waals surface area contributed by atoms with Crippen LogP contribution in [-0.2, 0) is 0 Å². The van der Waals surface area contributed by atoms with Crippen molar-refractivity contribution in [3.63, 3.8) is 0 Å². The molecule has 0 spiro atoms. The Hall–Kier alpha value is -0.930. The molecule has 1 heterocycles. The third-order valence-electron chi connectivity index (χ3n) is 2.21. The Kier molecular flexibility index (Phi) is 1.83. The molecule has 0 amide bonds. The van der Waals surface area contributed by atoms with Gasteiger partial charge in [0.2, 0.25) is 0 Å². The second kappa shape index (κ2) is 2.98. The van der Waals surface area contributed by atoms with Crippen LogP contribution in [0, 0.1) is 0 Å². The van der Waals surface area contributed by atoms with Crippen LogP contribution in [0.25, 0.3) is 0 Å². The van der Waals surface area contributed by atoms with Crippen molar-refractivity contribution in [3.05, 3.63) is 6.46 Å². The molecule has 1 aliphatic rings. The largest absolute Gasteiger partial charge is 0.689 e. The van der Waals surface area contributed by atoms with E-state index in [2.05, 4.69) is 9.79 Å². The Labute approximate surface area is 64.7 Å². The molecule has 1 fully saturated rings. The smallest absolute Gasteiger partial charge is 0.0450 e. The lowest BCUT2D eigenvalue weighted by atomic mass is 9.96. The van der Waals surface area contributed by atoms with Crippen molar-refractivity contribution in [1.29, 1.82) is 0 Å². The highest BCUT2D eigenvalue weighted by Crippen LogP contribution is 2.26. The third kappa shape index (κ3) is 1.39. The molecule has 1 aliphatic carbocycles. The SMILES string of the molecule is [cH-]1o[n-]n(C2CCCCC2)o1. The normalized spacial score (nSPS) is 20.4. The van der Waals surface area contributed by atoms with Crippen molar-refractivity contribution in [1.82, 2.24) is 10.1 Å². The van der Waals surface area contributed by atoms with E-state index in [1.54, 1.807) is 4.85 Å². The van der Waals surface area contributed by atoms with Crippen molar-refractivity contribution in [2.45, 2.75) is 38.1 Å². The first kappa shape index (κ1) is 6.76. The molecule has 1 aromatic rings. The molecule has 1 saturated carbocycles. The lowest BCUT2D eigenvalue weighted by Crippen LogP contribution is -2.13. The standard InChI is InChI=1S/C7H12N2O2/c1-2-4-7(5-3-1)9-8-10-6-11-9/h6-7H,1-5H2/q-2. The number of aromatic nitrogens is 2. The second-order valence-corrected chi connectivity index (χ2v) is 2.98. The minimum atomic E-state index is 0.433. The average molecular weight is 156 g/mol. The van der Waals surface area contributed by atoms with Crippen LogP contribution in [0.2, 0.25) is 0 Å². The first-order chi connectivity index (χ1) is 5.47. The van der Waals surface area contributed by atoms with Crippen LogP contribution in [0.3, 0.4) is 0 Å². The number of hydrogen-bond acceptors (Lipinski definition) is 2. The van der Waals surface area contributed by atoms with E-state index in [-0.39, 0.29) is 0 Å². The van der Waals surface area contributed by atoms with E-state index < -0.39 is 0 Å². The monoisotopic (exact) mass is 156 g/mol. The number of nitrogens with zero attached hydrogens (tertiary/aromatic N) is 2. The van der Waals surface area contributed by atoms with Gasteiger partial charge in [-0.25, -0.2) is 0 Å². The van der Waals surface area contributed by atoms with Gasteiger partial charge in [0.15, 0.2) is 0 Å². The Bertz CT molecular complexity index is 204. The molecule has 2 rings (SSSR count). The predicted molar refractivity (Wildman–Crippen MR) is 37.6 cm³/mol. The highest BCUT2D eigenvalue weighted by molar-refractivity contribution is 4.65. The van der Waals surface area contributed by atoms with Crippen molar-refractivity contribution in [2.75, 3.05) is 0 Å². The van der Waals surface area contributed by atoms with Gasteiger partial charge >= 0.3 is 0 Å². The lowest BCUT2D eigenvalue weighted by Gasteiger charge is -2.26. The fourth-order valence-electron chi connectivity index (χ4n) is 1.60. The first-order valence-electron chi connectivity index (χ1n) is 4.11. The summed E-state index contributed by atoms with van der Waals surface area (Å²) in [5.41, 5.74) is 0. The van der Waals surface area contributed by atoms with Crippen LogP contribution in [0.15, 0.2) is 15.5 Å². The summed E-state index contributed by atoms with van der Waals surface area (Å²) < 4.78 is 9.63. The van der Waals surface area contributed by atoms with E-state index in [0.29, 0.717) is 6.04 Å². The molecule has 4 heteroatoms. The summed E-state index contributed by atoms with van der Waals surface area (Å²) >= 11 is 0. The summed E-state index contributed by atoms with van der Waals surface area (Å²) in [6.07, 6.45) is 6.23. The minimum absolute atomic E-state index is 0.433. The molecule has 0 bridgehead atoms. The molecule has 0 unspecified atom stereocenters. The molecule has 0 saturated heterocycles. The van der Waals surface area contributed by atoms with E-state index in [1.807, 2.05) is 0 Å². The zero-order chi connectivity index (χ0) is 7.52. The summed E-state index contributed by atoms with van der Waals surface area (Å²) in [6, 6.07) is 0.433. The maximum atomic E-state index is 5.01. The minimum Gasteiger partial charge on any atom is -0.689 e. The summed E-state index contributed by atoms with van der Waals surface area (Å²) in [4.78, 5) is 1.57. The predicted octanol–water partition coefficient (Wildman–Crippen LogP) is 1.98. The van der Waals surface area contributed by atoms with Crippen molar-refractivity contribution in [3.8, 4) is 0 Å². The van der Waals surface area contributed by atoms with Crippen LogP contribution in [0.4, 0.5) is 0 Å². The van der Waals surface area contributed by atoms with Crippen LogP contribution in [0.1, 0.15) is 38.1 Å². The zero-order valence-corrected chi connectivity index (χ0v) is 6.40. The quantitative estimate of drug-likeness (QED) is 0.584. The molecule has 1 aromatic heterocycles. The number of hydrogen-bond donors (Lipinski definition) is 0. The van der Waals surface area contributed by atoms with Gasteiger partial charge < -0.3 is 19.2 Å². The van der Waals surface area contributed by atoms with E-state index in [9.17, 15) is 0 Å². The molecular formula is C7H12N2O2-2. The van der Waals surface area contributed by atoms with Crippen LogP contribution < -0.4 is 5.27 Å². The van der Waals surface area contributed by atoms with Gasteiger partial charge in [-0.05, 0) is 19.3 Å². The fraction of sp³-hybridized carbons (Fsp3) is 0.857. The summed E-state index contributed by atoms with van der Waals surface area (Å²) in [5, 5.41) is 3.71. The Morgan fingerprint density at radius 2 is 2.09 bits per heavy atom. The van der Waals surface area contributed by atoms with Gasteiger partial charge in [0, 0.05) is 6.04 Å². The summed E-state index contributed by atoms with van der Waals surface area (Å²) in [5.74, 6) is 0. The van der Waals surface area contributed by atoms with E-state index in [0.717, 1.165) is 0 Å². The highest BCUT2D eigenvalue weighted by atomic mass is 16.7. The molecule has 4 nitrogen and oxygen atoms in total. The third-order valence-corrected chi connectivity index (χ3v) is 2.21. The molecule has 0 aliphatic heterocycles. The fourth-order valence-corrected chi connectivity index (χ4v) is 1.60. The molecule has 0 N–H and O–H groups in total. The molecule has 64 valence electrons. The molecule has 0 aromatic carbocycles.